The van der Waals surface area contributed by atoms with Crippen LogP contribution in [0.5, 0.6) is 0 Å². The first-order valence-corrected chi connectivity index (χ1v) is 13.1. The van der Waals surface area contributed by atoms with Gasteiger partial charge in [0.15, 0.2) is 14.5 Å². The Morgan fingerprint density at radius 2 is 1.82 bits per heavy atom. The number of imidazole rings is 1. The maximum Gasteiger partial charge on any atom is 0.175 e. The van der Waals surface area contributed by atoms with Crippen molar-refractivity contribution in [1.82, 2.24) is 20.2 Å². The summed E-state index contributed by atoms with van der Waals surface area (Å²) < 4.78 is 1.62. The number of nitriles is 1. The summed E-state index contributed by atoms with van der Waals surface area (Å²) in [6.07, 6.45) is 0. The van der Waals surface area contributed by atoms with Gasteiger partial charge in [-0.25, -0.2) is 4.98 Å². The molecule has 33 heavy (non-hydrogen) atoms. The van der Waals surface area contributed by atoms with Crippen molar-refractivity contribution in [2.45, 2.75) is 46.4 Å². The van der Waals surface area contributed by atoms with Crippen LogP contribution < -0.4 is 0 Å². The number of aliphatic hydroxyl groups excluding tert-OH is 1. The summed E-state index contributed by atoms with van der Waals surface area (Å²) in [6, 6.07) is 18.3. The minimum absolute atomic E-state index is 0.0313. The molecule has 2 heterocycles. The molecular weight excluding hydrogens is 470 g/mol. The highest BCUT2D eigenvalue weighted by atomic mass is 32.2. The van der Waals surface area contributed by atoms with Gasteiger partial charge in [0.1, 0.15) is 17.4 Å². The summed E-state index contributed by atoms with van der Waals surface area (Å²) in [5.74, 6) is 1.68. The number of fused-ring (bicyclic) bond motifs is 1. The highest BCUT2D eigenvalue weighted by molar-refractivity contribution is 8.03. The van der Waals surface area contributed by atoms with E-state index in [1.54, 1.807) is 11.8 Å². The molecule has 0 amide bonds. The molecule has 1 atom stereocenters. The molecule has 6 nitrogen and oxygen atoms in total. The summed E-state index contributed by atoms with van der Waals surface area (Å²) in [5.41, 5.74) is 4.28. The van der Waals surface area contributed by atoms with Crippen LogP contribution >= 0.6 is 34.9 Å². The number of rotatable bonds is 8. The number of aliphatic hydroxyl groups is 1. The van der Waals surface area contributed by atoms with E-state index >= 15 is 0 Å². The number of aromatic amines is 1. The van der Waals surface area contributed by atoms with Crippen molar-refractivity contribution in [1.29, 1.82) is 5.26 Å². The fourth-order valence-electron chi connectivity index (χ4n) is 3.16. The number of nitrogens with one attached hydrogen (secondary N) is 1. The van der Waals surface area contributed by atoms with Gasteiger partial charge in [-0.15, -0.1) is 10.2 Å². The van der Waals surface area contributed by atoms with Crippen LogP contribution in [0, 0.1) is 11.3 Å². The summed E-state index contributed by atoms with van der Waals surface area (Å²) in [6.45, 7) is 6.22. The molecule has 2 aromatic carbocycles. The molecule has 4 rings (SSSR count). The van der Waals surface area contributed by atoms with Crippen molar-refractivity contribution in [3.05, 3.63) is 71.2 Å². The Labute approximate surface area is 205 Å². The maximum absolute atomic E-state index is 10.8. The van der Waals surface area contributed by atoms with E-state index in [0.717, 1.165) is 25.5 Å². The molecule has 168 valence electrons. The number of hydrogen-bond donors (Lipinski definition) is 2. The van der Waals surface area contributed by atoms with E-state index in [4.69, 9.17) is 0 Å². The predicted octanol–water partition coefficient (Wildman–Crippen LogP) is 6.80. The molecule has 0 saturated heterocycles. The second-order valence-electron chi connectivity index (χ2n) is 7.75. The molecule has 0 aliphatic heterocycles. The molecule has 0 bridgehead atoms. The van der Waals surface area contributed by atoms with E-state index in [1.807, 2.05) is 31.2 Å². The molecule has 1 unspecified atom stereocenters. The van der Waals surface area contributed by atoms with Gasteiger partial charge in [0.05, 0.1) is 16.3 Å². The van der Waals surface area contributed by atoms with Crippen LogP contribution in [-0.2, 0) is 5.75 Å². The van der Waals surface area contributed by atoms with E-state index < -0.39 is 0 Å². The van der Waals surface area contributed by atoms with E-state index in [1.165, 1.54) is 34.2 Å². The SMILES string of the molecule is CC(Sc1nnc(SCc2ccc(C(C)C)cc2)s1)/C(O)=C(\C#N)c1nc2ccccc2[nH]1. The van der Waals surface area contributed by atoms with Gasteiger partial charge < -0.3 is 10.1 Å². The first-order chi connectivity index (χ1) is 15.9. The molecular formula is C24H23N5OS3. The third-order valence-electron chi connectivity index (χ3n) is 5.05. The molecule has 0 aliphatic rings. The fourth-order valence-corrected chi connectivity index (χ4v) is 6.34. The lowest BCUT2D eigenvalue weighted by molar-refractivity contribution is 0.402. The molecule has 2 N–H and O–H groups in total. The van der Waals surface area contributed by atoms with Gasteiger partial charge in [-0.05, 0) is 36.1 Å². The summed E-state index contributed by atoms with van der Waals surface area (Å²) >= 11 is 4.51. The van der Waals surface area contributed by atoms with E-state index in [0.29, 0.717) is 11.7 Å². The molecule has 9 heteroatoms. The Morgan fingerprint density at radius 3 is 2.52 bits per heavy atom. The second kappa shape index (κ2) is 10.4. The van der Waals surface area contributed by atoms with Crippen molar-refractivity contribution in [2.24, 2.45) is 0 Å². The first-order valence-electron chi connectivity index (χ1n) is 10.4. The van der Waals surface area contributed by atoms with E-state index in [2.05, 4.69) is 64.3 Å². The third-order valence-corrected chi connectivity index (χ3v) is 8.37. The van der Waals surface area contributed by atoms with Crippen LogP contribution in [0.4, 0.5) is 0 Å². The normalized spacial score (nSPS) is 13.2. The van der Waals surface area contributed by atoms with Gasteiger partial charge in [0, 0.05) is 5.75 Å². The number of allylic oxidation sites excluding steroid dienone is 1. The summed E-state index contributed by atoms with van der Waals surface area (Å²) in [5, 5.41) is 28.6. The molecule has 0 fully saturated rings. The van der Waals surface area contributed by atoms with E-state index in [9.17, 15) is 10.4 Å². The highest BCUT2D eigenvalue weighted by Gasteiger charge is 2.20. The van der Waals surface area contributed by atoms with Crippen LogP contribution in [0.3, 0.4) is 0 Å². The van der Waals surface area contributed by atoms with Crippen LogP contribution in [0.25, 0.3) is 16.6 Å². The van der Waals surface area contributed by atoms with Crippen LogP contribution in [0.2, 0.25) is 0 Å². The van der Waals surface area contributed by atoms with Crippen molar-refractivity contribution in [3.8, 4) is 6.07 Å². The van der Waals surface area contributed by atoms with Gasteiger partial charge in [-0.1, -0.05) is 85.1 Å². The first kappa shape index (κ1) is 23.4. The van der Waals surface area contributed by atoms with Crippen LogP contribution in [0.15, 0.2) is 63.0 Å². The number of hydrogen-bond acceptors (Lipinski definition) is 8. The summed E-state index contributed by atoms with van der Waals surface area (Å²) in [7, 11) is 0. The zero-order valence-corrected chi connectivity index (χ0v) is 20.9. The van der Waals surface area contributed by atoms with Gasteiger partial charge in [0.25, 0.3) is 0 Å². The zero-order valence-electron chi connectivity index (χ0n) is 18.4. The quantitative estimate of drug-likeness (QED) is 0.158. The Morgan fingerprint density at radius 1 is 1.09 bits per heavy atom. The Balaban J connectivity index is 1.41. The van der Waals surface area contributed by atoms with E-state index in [-0.39, 0.29) is 16.6 Å². The lowest BCUT2D eigenvalue weighted by atomic mass is 10.0. The predicted molar refractivity (Wildman–Crippen MR) is 137 cm³/mol. The lowest BCUT2D eigenvalue weighted by Crippen LogP contribution is -2.04. The van der Waals surface area contributed by atoms with Gasteiger partial charge >= 0.3 is 0 Å². The van der Waals surface area contributed by atoms with Crippen molar-refractivity contribution in [3.63, 3.8) is 0 Å². The number of nitrogens with zero attached hydrogens (tertiary/aromatic N) is 4. The van der Waals surface area contributed by atoms with Crippen molar-refractivity contribution < 1.29 is 5.11 Å². The van der Waals surface area contributed by atoms with Crippen LogP contribution in [-0.4, -0.2) is 30.5 Å². The van der Waals surface area contributed by atoms with Gasteiger partial charge in [-0.3, -0.25) is 0 Å². The Hall–Kier alpha value is -2.80. The molecule has 2 aromatic heterocycles. The minimum Gasteiger partial charge on any atom is -0.510 e. The Kier molecular flexibility index (Phi) is 7.38. The third kappa shape index (κ3) is 5.58. The number of thioether (sulfide) groups is 2. The van der Waals surface area contributed by atoms with Crippen molar-refractivity contribution in [2.75, 3.05) is 0 Å². The highest BCUT2D eigenvalue weighted by Crippen LogP contribution is 2.35. The smallest absolute Gasteiger partial charge is 0.175 e. The number of benzene rings is 2. The fraction of sp³-hybridized carbons (Fsp3) is 0.250. The molecule has 0 saturated carbocycles. The number of aromatic nitrogens is 4. The monoisotopic (exact) mass is 493 g/mol. The Bertz CT molecular complexity index is 1280. The topological polar surface area (TPSA) is 98.5 Å². The maximum atomic E-state index is 10.8. The average Bonchev–Trinajstić information content (AvgIpc) is 3.45. The minimum atomic E-state index is -0.373. The average molecular weight is 494 g/mol. The largest absolute Gasteiger partial charge is 0.510 e. The van der Waals surface area contributed by atoms with Gasteiger partial charge in [0.2, 0.25) is 0 Å². The van der Waals surface area contributed by atoms with Crippen molar-refractivity contribution >= 4 is 51.5 Å². The zero-order chi connectivity index (χ0) is 23.4. The standard InChI is InChI=1S/C24H23N5OS3/c1-14(2)17-10-8-16(9-11-17)13-31-23-28-29-24(33-23)32-15(3)21(30)18(12-25)22-26-19-6-4-5-7-20(19)27-22/h4-11,14-15,30H,13H2,1-3H3,(H,26,27)/b21-18-. The van der Waals surface area contributed by atoms with Gasteiger partial charge in [-0.2, -0.15) is 5.26 Å². The molecule has 0 radical (unpaired) electrons. The lowest BCUT2D eigenvalue weighted by Gasteiger charge is -2.09. The second-order valence-corrected chi connectivity index (χ2v) is 11.5. The summed E-state index contributed by atoms with van der Waals surface area (Å²) in [4.78, 5) is 7.54. The number of para-hydroxylation sites is 2. The van der Waals surface area contributed by atoms with Crippen LogP contribution in [0.1, 0.15) is 43.6 Å². The molecule has 4 aromatic rings. The molecule has 0 spiro atoms. The number of H-pyrrole nitrogens is 1. The molecule has 0 aliphatic carbocycles.